The summed E-state index contributed by atoms with van der Waals surface area (Å²) >= 11 is 1.31. The highest BCUT2D eigenvalue weighted by Crippen LogP contribution is 2.45. The van der Waals surface area contributed by atoms with Crippen molar-refractivity contribution in [1.29, 1.82) is 0 Å². The number of thiazole rings is 1. The van der Waals surface area contributed by atoms with Gasteiger partial charge in [-0.15, -0.1) is 11.3 Å². The molecule has 3 aliphatic heterocycles. The third kappa shape index (κ3) is 6.47. The van der Waals surface area contributed by atoms with Gasteiger partial charge in [-0.2, -0.15) is 0 Å². The van der Waals surface area contributed by atoms with E-state index in [0.717, 1.165) is 51.9 Å². The third-order valence-electron chi connectivity index (χ3n) is 9.07. The van der Waals surface area contributed by atoms with Crippen LogP contribution in [0.4, 0.5) is 0 Å². The van der Waals surface area contributed by atoms with Crippen LogP contribution in [0.5, 0.6) is 0 Å². The van der Waals surface area contributed by atoms with Gasteiger partial charge in [-0.05, 0) is 38.5 Å². The molecule has 1 saturated carbocycles. The molecular formula is C28H43N5O5S. The van der Waals surface area contributed by atoms with Crippen LogP contribution in [0.1, 0.15) is 61.5 Å². The molecule has 4 atom stereocenters. The monoisotopic (exact) mass is 561 g/mol. The van der Waals surface area contributed by atoms with Crippen LogP contribution >= 0.6 is 11.3 Å². The summed E-state index contributed by atoms with van der Waals surface area (Å²) in [5, 5.41) is 5.73. The molecule has 4 aliphatic rings. The molecule has 1 unspecified atom stereocenters. The quantitative estimate of drug-likeness (QED) is 0.449. The number of nitrogens with one attached hydrogen (secondary N) is 2. The molecule has 4 fully saturated rings. The Balaban J connectivity index is 1.26. The number of ether oxygens (including phenoxy) is 2. The molecule has 2 N–H and O–H groups in total. The summed E-state index contributed by atoms with van der Waals surface area (Å²) in [5.74, 6) is -0.438. The molecule has 3 amide bonds. The molecule has 1 spiro atoms. The van der Waals surface area contributed by atoms with Gasteiger partial charge < -0.3 is 25.0 Å². The van der Waals surface area contributed by atoms with E-state index in [9.17, 15) is 14.4 Å². The van der Waals surface area contributed by atoms with Crippen molar-refractivity contribution < 1.29 is 23.9 Å². The lowest BCUT2D eigenvalue weighted by molar-refractivity contribution is -0.140. The van der Waals surface area contributed by atoms with Crippen LogP contribution in [0, 0.1) is 17.3 Å². The van der Waals surface area contributed by atoms with E-state index in [2.05, 4.69) is 20.5 Å². The fourth-order valence-corrected chi connectivity index (χ4v) is 7.46. The lowest BCUT2D eigenvalue weighted by Gasteiger charge is -2.51. The number of carbonyl (C=O) groups is 3. The number of amides is 3. The van der Waals surface area contributed by atoms with E-state index >= 15 is 0 Å². The molecule has 1 aliphatic carbocycles. The van der Waals surface area contributed by atoms with Crippen LogP contribution in [-0.4, -0.2) is 104 Å². The first kappa shape index (κ1) is 28.4. The van der Waals surface area contributed by atoms with Gasteiger partial charge in [0.2, 0.25) is 11.8 Å². The zero-order chi connectivity index (χ0) is 27.4. The SMILES string of the molecule is CNC(=O)[C@@H](NC(=O)[C@@H]1CN(C(=O)c2cncs2)CC12CN(CC1CCCO1)C2)[C@@H](C)OCC1CCCCC1. The largest absolute Gasteiger partial charge is 0.377 e. The van der Waals surface area contributed by atoms with E-state index in [0.29, 0.717) is 30.5 Å². The average Bonchev–Trinajstić information content (AvgIpc) is 3.71. The molecule has 5 rings (SSSR count). The van der Waals surface area contributed by atoms with E-state index in [-0.39, 0.29) is 29.2 Å². The van der Waals surface area contributed by atoms with E-state index < -0.39 is 18.1 Å². The van der Waals surface area contributed by atoms with Crippen LogP contribution in [0.2, 0.25) is 0 Å². The first-order valence-corrected chi connectivity index (χ1v) is 15.4. The van der Waals surface area contributed by atoms with E-state index in [1.54, 1.807) is 23.7 Å². The average molecular weight is 562 g/mol. The van der Waals surface area contributed by atoms with Crippen molar-refractivity contribution in [2.45, 2.75) is 70.1 Å². The second-order valence-corrected chi connectivity index (χ2v) is 12.8. The zero-order valence-electron chi connectivity index (χ0n) is 23.2. The Morgan fingerprint density at radius 2 is 1.97 bits per heavy atom. The number of likely N-dealkylation sites (N-methyl/N-ethyl adjacent to an activating group) is 1. The first-order valence-electron chi connectivity index (χ1n) is 14.5. The van der Waals surface area contributed by atoms with Crippen molar-refractivity contribution in [3.05, 3.63) is 16.6 Å². The molecule has 4 heterocycles. The van der Waals surface area contributed by atoms with Crippen LogP contribution in [0.25, 0.3) is 0 Å². The van der Waals surface area contributed by atoms with E-state index in [4.69, 9.17) is 9.47 Å². The molecule has 0 bridgehead atoms. The van der Waals surface area contributed by atoms with Crippen molar-refractivity contribution in [2.24, 2.45) is 17.3 Å². The van der Waals surface area contributed by atoms with Gasteiger partial charge in [0.25, 0.3) is 5.91 Å². The van der Waals surface area contributed by atoms with Crippen molar-refractivity contribution in [2.75, 3.05) is 53.0 Å². The predicted octanol–water partition coefficient (Wildman–Crippen LogP) is 1.91. The van der Waals surface area contributed by atoms with E-state index in [1.165, 1.54) is 30.6 Å². The second kappa shape index (κ2) is 12.6. The van der Waals surface area contributed by atoms with Gasteiger partial charge in [0.1, 0.15) is 10.9 Å². The van der Waals surface area contributed by atoms with Crippen molar-refractivity contribution in [1.82, 2.24) is 25.4 Å². The second-order valence-electron chi connectivity index (χ2n) is 11.9. The number of nitrogens with zero attached hydrogens (tertiary/aromatic N) is 3. The summed E-state index contributed by atoms with van der Waals surface area (Å²) in [6, 6.07) is -0.794. The summed E-state index contributed by atoms with van der Waals surface area (Å²) in [7, 11) is 1.58. The van der Waals surface area contributed by atoms with Crippen LogP contribution < -0.4 is 10.6 Å². The van der Waals surface area contributed by atoms with Gasteiger partial charge in [0, 0.05) is 58.4 Å². The maximum Gasteiger partial charge on any atom is 0.265 e. The first-order chi connectivity index (χ1) is 18.9. The highest BCUT2D eigenvalue weighted by atomic mass is 32.1. The summed E-state index contributed by atoms with van der Waals surface area (Å²) in [4.78, 5) is 48.7. The minimum atomic E-state index is -0.794. The number of rotatable bonds is 10. The van der Waals surface area contributed by atoms with Crippen LogP contribution in [0.3, 0.4) is 0 Å². The lowest BCUT2D eigenvalue weighted by atomic mass is 9.71. The number of hydrogen-bond donors (Lipinski definition) is 2. The standard InChI is InChI=1S/C28H43N5O5S/c1-19(38-14-20-7-4-3-5-8-20)24(26(35)29-2)31-25(34)22-13-33(27(36)23-11-30-18-39-23)17-28(22)15-32(16-28)12-21-9-6-10-37-21/h11,18-22,24H,3-10,12-17H2,1-2H3,(H,29,35)(H,31,34)/t19-,21?,22+,24+/m1/s1. The molecule has 0 aromatic carbocycles. The summed E-state index contributed by atoms with van der Waals surface area (Å²) < 4.78 is 12.0. The Morgan fingerprint density at radius 3 is 2.64 bits per heavy atom. The summed E-state index contributed by atoms with van der Waals surface area (Å²) in [6.07, 6.45) is 9.56. The number of hydrogen-bond acceptors (Lipinski definition) is 8. The third-order valence-corrected chi connectivity index (χ3v) is 9.83. The van der Waals surface area contributed by atoms with Crippen LogP contribution in [0.15, 0.2) is 11.7 Å². The Morgan fingerprint density at radius 1 is 1.18 bits per heavy atom. The molecule has 0 radical (unpaired) electrons. The number of carbonyl (C=O) groups excluding carboxylic acids is 3. The lowest BCUT2D eigenvalue weighted by Crippen LogP contribution is -2.64. The van der Waals surface area contributed by atoms with Crippen molar-refractivity contribution >= 4 is 29.1 Å². The van der Waals surface area contributed by atoms with Gasteiger partial charge in [-0.1, -0.05) is 19.3 Å². The minimum absolute atomic E-state index is 0.0863. The molecule has 11 heteroatoms. The summed E-state index contributed by atoms with van der Waals surface area (Å²) in [6.45, 7) is 6.44. The van der Waals surface area contributed by atoms with Crippen molar-refractivity contribution in [3.8, 4) is 0 Å². The highest BCUT2D eigenvalue weighted by molar-refractivity contribution is 7.11. The molecular weight excluding hydrogens is 518 g/mol. The molecule has 39 heavy (non-hydrogen) atoms. The number of aromatic nitrogens is 1. The van der Waals surface area contributed by atoms with Gasteiger partial charge >= 0.3 is 0 Å². The van der Waals surface area contributed by atoms with Gasteiger partial charge in [0.15, 0.2) is 0 Å². The minimum Gasteiger partial charge on any atom is -0.377 e. The Labute approximate surface area is 235 Å². The normalized spacial score (nSPS) is 26.8. The maximum atomic E-state index is 13.9. The fraction of sp³-hybridized carbons (Fsp3) is 0.786. The molecule has 3 saturated heterocycles. The molecule has 1 aromatic rings. The molecule has 216 valence electrons. The molecule has 10 nitrogen and oxygen atoms in total. The topological polar surface area (TPSA) is 113 Å². The maximum absolute atomic E-state index is 13.9. The van der Waals surface area contributed by atoms with Gasteiger partial charge in [-0.3, -0.25) is 24.3 Å². The van der Waals surface area contributed by atoms with Gasteiger partial charge in [0.05, 0.1) is 29.8 Å². The Hall–Kier alpha value is -2.08. The summed E-state index contributed by atoms with van der Waals surface area (Å²) in [5.41, 5.74) is 1.31. The Bertz CT molecular complexity index is 988. The van der Waals surface area contributed by atoms with Gasteiger partial charge in [-0.25, -0.2) is 0 Å². The van der Waals surface area contributed by atoms with E-state index in [1.807, 2.05) is 6.92 Å². The fourth-order valence-electron chi connectivity index (χ4n) is 6.88. The smallest absolute Gasteiger partial charge is 0.265 e. The van der Waals surface area contributed by atoms with Crippen molar-refractivity contribution in [3.63, 3.8) is 0 Å². The highest BCUT2D eigenvalue weighted by Gasteiger charge is 2.58. The van der Waals surface area contributed by atoms with Crippen LogP contribution in [-0.2, 0) is 19.1 Å². The Kier molecular flexibility index (Phi) is 9.20. The zero-order valence-corrected chi connectivity index (χ0v) is 24.0. The number of likely N-dealkylation sites (tertiary alicyclic amines) is 2. The molecule has 1 aromatic heterocycles. The predicted molar refractivity (Wildman–Crippen MR) is 147 cm³/mol.